The van der Waals surface area contributed by atoms with Crippen molar-refractivity contribution < 1.29 is 63.5 Å². The van der Waals surface area contributed by atoms with Gasteiger partial charge >= 0.3 is 5.51 Å². The number of unbranched alkanes of at least 4 members (excludes halogenated alkanes) is 3. The Morgan fingerprint density at radius 1 is 0.841 bits per heavy atom. The fourth-order valence-corrected chi connectivity index (χ4v) is 17.2. The number of alkyl halides is 3. The molecule has 0 radical (unpaired) electrons. The maximum Gasteiger partial charge on any atom is 0.501 e. The van der Waals surface area contributed by atoms with Crippen LogP contribution in [0, 0.1) is 23.2 Å². The summed E-state index contributed by atoms with van der Waals surface area (Å²) in [4.78, 5) is 70.0. The Morgan fingerprint density at radius 2 is 1.53 bits per heavy atom. The number of allylic oxidation sites excluding steroid dienone is 1. The third-order valence-corrected chi connectivity index (χ3v) is 29.1. The number of carbonyl (C=O) groups is 4. The van der Waals surface area contributed by atoms with Crippen molar-refractivity contribution in [2.45, 2.75) is 190 Å². The van der Waals surface area contributed by atoms with E-state index in [0.29, 0.717) is 91.8 Å². The van der Waals surface area contributed by atoms with Crippen LogP contribution in [0.2, 0.25) is 23.2 Å². The van der Waals surface area contributed by atoms with E-state index in [0.717, 1.165) is 69.4 Å². The number of halogens is 4. The van der Waals surface area contributed by atoms with Gasteiger partial charge in [0, 0.05) is 105 Å². The highest BCUT2D eigenvalue weighted by Crippen LogP contribution is 2.45. The zero-order chi connectivity index (χ0) is 77.6. The molecule has 4 aromatic carbocycles. The van der Waals surface area contributed by atoms with Gasteiger partial charge in [-0.2, -0.15) is 13.2 Å². The van der Waals surface area contributed by atoms with Crippen LogP contribution in [0.25, 0.3) is 16.6 Å². The first-order valence-corrected chi connectivity index (χ1v) is 43.0. The SMILES string of the molecule is C#Cc1ccc([C@H](CO[Si](C)(C)C(C)(C)C)NC(=O)[C@@H]2C[C@@H](O)CN2C(=O)[C@@H](NC(=O)CCCCCCN2CCC(Nc3ccc(S(=O)(=O)NC(=O)c4ccc(N5CCN(CC6=C(c7ccc(Cl)cc7)CC(C)(C)CC6)CC5)cc4Oc4cnc5[nH]ccc5c4)cc3S(=O)(=O)C(F)(F)F)CC2)C(C)(C)C)cc1. The van der Waals surface area contributed by atoms with Gasteiger partial charge in [-0.1, -0.05) is 116 Å². The van der Waals surface area contributed by atoms with Gasteiger partial charge < -0.3 is 49.9 Å². The predicted molar refractivity (Wildman–Crippen MR) is 414 cm³/mol. The van der Waals surface area contributed by atoms with Crippen LogP contribution in [0.4, 0.5) is 24.5 Å². The molecular formula is C79H102ClF3N10O11S2Si. The van der Waals surface area contributed by atoms with Gasteiger partial charge in [0.1, 0.15) is 34.1 Å². The molecule has 578 valence electrons. The number of aromatic nitrogens is 2. The van der Waals surface area contributed by atoms with Crippen molar-refractivity contribution in [1.82, 2.24) is 40.0 Å². The molecule has 4 amide bonds. The Hall–Kier alpha value is -7.81. The van der Waals surface area contributed by atoms with Crippen molar-refractivity contribution in [3.8, 4) is 23.8 Å². The number of H-pyrrole nitrogens is 1. The number of piperazine rings is 1. The van der Waals surface area contributed by atoms with Crippen molar-refractivity contribution in [2.75, 3.05) is 75.7 Å². The monoisotopic (exact) mass is 1550 g/mol. The summed E-state index contributed by atoms with van der Waals surface area (Å²) in [5.74, 6) is 0.333. The van der Waals surface area contributed by atoms with E-state index in [9.17, 15) is 54.3 Å². The number of hydrogen-bond acceptors (Lipinski definition) is 16. The van der Waals surface area contributed by atoms with E-state index in [-0.39, 0.29) is 59.4 Å². The number of anilines is 2. The number of ether oxygens (including phenoxy) is 1. The van der Waals surface area contributed by atoms with E-state index < -0.39 is 103 Å². The maximum atomic E-state index is 14.5. The van der Waals surface area contributed by atoms with Crippen molar-refractivity contribution in [3.63, 3.8) is 0 Å². The molecule has 21 nitrogen and oxygen atoms in total. The van der Waals surface area contributed by atoms with Gasteiger partial charge in [-0.3, -0.25) is 24.1 Å². The number of rotatable bonds is 27. The number of hydrogen-bond donors (Lipinski definition) is 6. The van der Waals surface area contributed by atoms with E-state index in [1.807, 2.05) is 49.8 Å². The Bertz CT molecular complexity index is 4500. The van der Waals surface area contributed by atoms with Crippen LogP contribution in [0.5, 0.6) is 11.5 Å². The molecule has 28 heteroatoms. The molecule has 6 N–H and O–H groups in total. The molecule has 5 heterocycles. The third kappa shape index (κ3) is 20.6. The average molecular weight is 1550 g/mol. The number of piperidine rings is 1. The number of aliphatic hydroxyl groups excluding tert-OH is 1. The summed E-state index contributed by atoms with van der Waals surface area (Å²) in [5.41, 5.74) is -0.504. The number of aromatic amines is 1. The van der Waals surface area contributed by atoms with Crippen LogP contribution in [-0.2, 0) is 38.7 Å². The minimum Gasteiger partial charge on any atom is -0.455 e. The number of terminal acetylenes is 1. The van der Waals surface area contributed by atoms with Crippen LogP contribution in [-0.4, -0.2) is 174 Å². The summed E-state index contributed by atoms with van der Waals surface area (Å²) in [5, 5.41) is 21.2. The molecule has 3 saturated heterocycles. The fraction of sp³-hybridized carbons (Fsp3) is 0.506. The highest BCUT2D eigenvalue weighted by atomic mass is 35.5. The minimum absolute atomic E-state index is 0.00844. The van der Waals surface area contributed by atoms with Gasteiger partial charge in [0.15, 0.2) is 8.32 Å². The maximum absolute atomic E-state index is 14.5. The van der Waals surface area contributed by atoms with Gasteiger partial charge in [-0.15, -0.1) is 6.42 Å². The number of benzene rings is 4. The standard InChI is InChI=1S/C79H102ClF3N10O11S2Si/c1-12-52-18-20-54(21-19-52)66(51-103-107(10,11)77(5,6)7)87-74(97)67-45-60(94)50-93(67)75(98)71(76(2,3)4)88-70(95)17-15-13-14-16-36-90-37-32-58(33-38-90)86-65-29-27-62(46-69(65)105(99,100)79(81,82)83)106(101,102)89-73(96)63-28-26-59(44-68(63)104-61-43-55-31-35-84-72(55)85-48-61)92-41-39-91(40-42-92)49-56-30-34-78(8,9)47-64(56)53-22-24-57(80)25-23-53/h1,18-29,31,35,43-44,46,48,58,60,66-67,71,86,94H,13-17,30,32-34,36-42,45,47,49-51H2,2-11H3,(H,84,85)(H,87,97)(H,88,95)(H,89,96)/t60-,66+,67+,71-/m1/s1. The van der Waals surface area contributed by atoms with Crippen LogP contribution >= 0.6 is 11.6 Å². The summed E-state index contributed by atoms with van der Waals surface area (Å²) in [6.45, 7) is 26.0. The number of aliphatic hydroxyl groups is 1. The van der Waals surface area contributed by atoms with E-state index >= 15 is 0 Å². The molecule has 3 aliphatic heterocycles. The minimum atomic E-state index is -6.17. The smallest absolute Gasteiger partial charge is 0.455 e. The second-order valence-electron chi connectivity index (χ2n) is 32.2. The second-order valence-corrected chi connectivity index (χ2v) is 41.0. The number of sulfonamides is 1. The molecule has 0 spiro atoms. The van der Waals surface area contributed by atoms with Crippen molar-refractivity contribution >= 4 is 91.4 Å². The topological polar surface area (TPSA) is 265 Å². The van der Waals surface area contributed by atoms with E-state index in [1.54, 1.807) is 42.6 Å². The summed E-state index contributed by atoms with van der Waals surface area (Å²) < 4.78 is 114. The van der Waals surface area contributed by atoms with Crippen LogP contribution in [0.15, 0.2) is 125 Å². The molecule has 3 fully saturated rings. The lowest BCUT2D eigenvalue weighted by Crippen LogP contribution is -2.58. The van der Waals surface area contributed by atoms with Crippen molar-refractivity contribution in [1.29, 1.82) is 0 Å². The van der Waals surface area contributed by atoms with Crippen molar-refractivity contribution in [3.05, 3.63) is 142 Å². The van der Waals surface area contributed by atoms with Gasteiger partial charge in [-0.25, -0.2) is 26.5 Å². The Labute approximate surface area is 633 Å². The first-order valence-electron chi connectivity index (χ1n) is 36.8. The number of carbonyl (C=O) groups excluding carboxylic acids is 4. The molecule has 1 aliphatic carbocycles. The number of likely N-dealkylation sites (tertiary alicyclic amines) is 2. The van der Waals surface area contributed by atoms with Crippen LogP contribution < -0.4 is 30.3 Å². The lowest BCUT2D eigenvalue weighted by molar-refractivity contribution is -0.144. The normalized spacial score (nSPS) is 18.7. The van der Waals surface area contributed by atoms with Gasteiger partial charge in [-0.05, 0) is 164 Å². The lowest BCUT2D eigenvalue weighted by Gasteiger charge is -2.39. The van der Waals surface area contributed by atoms with E-state index in [1.165, 1.54) is 33.9 Å². The summed E-state index contributed by atoms with van der Waals surface area (Å²) >= 11 is 6.28. The molecule has 107 heavy (non-hydrogen) atoms. The quantitative estimate of drug-likeness (QED) is 0.0159. The van der Waals surface area contributed by atoms with E-state index in [4.69, 9.17) is 27.2 Å². The number of β-amino-alcohol motifs (C(OH)–C–C–N with tert-alkyl or cyclic N) is 1. The molecule has 4 aliphatic rings. The zero-order valence-corrected chi connectivity index (χ0v) is 66.2. The van der Waals surface area contributed by atoms with Crippen LogP contribution in [0.3, 0.4) is 0 Å². The third-order valence-electron chi connectivity index (χ3n) is 21.5. The number of nitrogens with zero attached hydrogens (tertiary/aromatic N) is 5. The van der Waals surface area contributed by atoms with Gasteiger partial charge in [0.2, 0.25) is 17.7 Å². The fourth-order valence-electron chi connectivity index (χ4n) is 14.0. The predicted octanol–water partition coefficient (Wildman–Crippen LogP) is 13.4. The zero-order valence-electron chi connectivity index (χ0n) is 62.8. The number of nitrogens with one attached hydrogen (secondary N) is 5. The largest absolute Gasteiger partial charge is 0.501 e. The molecule has 10 rings (SSSR count). The highest BCUT2D eigenvalue weighted by Gasteiger charge is 2.49. The first-order chi connectivity index (χ1) is 50.3. The lowest BCUT2D eigenvalue weighted by atomic mass is 9.72. The van der Waals surface area contributed by atoms with Gasteiger partial charge in [0.25, 0.3) is 25.8 Å². The van der Waals surface area contributed by atoms with Crippen LogP contribution in [0.1, 0.15) is 159 Å². The second kappa shape index (κ2) is 33.6. The average Bonchev–Trinajstić information content (AvgIpc) is 0.908. The first kappa shape index (κ1) is 81.7. The molecule has 2 aromatic heterocycles. The molecule has 6 aromatic rings. The number of pyridine rings is 1. The molecular weight excluding hydrogens is 1450 g/mol. The number of amides is 4. The summed E-state index contributed by atoms with van der Waals surface area (Å²) in [6, 6.07) is 22.7. The molecule has 0 saturated carbocycles. The molecule has 0 bridgehead atoms. The Morgan fingerprint density at radius 3 is 2.20 bits per heavy atom. The Kier molecular flexibility index (Phi) is 25.6. The molecule has 0 unspecified atom stereocenters. The summed E-state index contributed by atoms with van der Waals surface area (Å²) in [6.07, 6.45) is 14.5. The number of fused-ring (bicyclic) bond motifs is 1. The van der Waals surface area contributed by atoms with Gasteiger partial charge in [0.05, 0.1) is 41.1 Å². The van der Waals surface area contributed by atoms with Crippen molar-refractivity contribution in [2.24, 2.45) is 10.8 Å². The Balaban J connectivity index is 0.722. The number of sulfone groups is 1. The highest BCUT2D eigenvalue weighted by molar-refractivity contribution is 7.92. The summed E-state index contributed by atoms with van der Waals surface area (Å²) in [7, 11) is -13.5. The van der Waals surface area contributed by atoms with E-state index in [2.05, 4.69) is 106 Å². The molecule has 4 atom stereocenters.